The van der Waals surface area contributed by atoms with Crippen LogP contribution in [0, 0.1) is 0 Å². The summed E-state index contributed by atoms with van der Waals surface area (Å²) in [4.78, 5) is 0. The minimum Gasteiger partial charge on any atom is -0.125 e. The Labute approximate surface area is 97.3 Å². The second kappa shape index (κ2) is 22.5. The van der Waals surface area contributed by atoms with Crippen molar-refractivity contribution < 1.29 is 0 Å². The molecule has 0 aromatic rings. The molecular weight excluding hydrogens is 273 g/mol. The summed E-state index contributed by atoms with van der Waals surface area (Å²) in [6.07, 6.45) is 0. The SMILES string of the molecule is C=C(Cl)Cl.ClCCCl.ClCCl. The van der Waals surface area contributed by atoms with E-state index in [2.05, 4.69) is 6.58 Å². The van der Waals surface area contributed by atoms with E-state index >= 15 is 0 Å². The van der Waals surface area contributed by atoms with Gasteiger partial charge in [0.15, 0.2) is 0 Å². The summed E-state index contributed by atoms with van der Waals surface area (Å²) in [6.45, 7) is 3.09. The Kier molecular flexibility index (Phi) is 37.5. The topological polar surface area (TPSA) is 0 Å². The summed E-state index contributed by atoms with van der Waals surface area (Å²) in [6, 6.07) is 0. The fourth-order valence-corrected chi connectivity index (χ4v) is 0. The molecule has 0 bridgehead atoms. The highest BCUT2D eigenvalue weighted by atomic mass is 35.5. The maximum absolute atomic E-state index is 5.05. The molecule has 0 saturated carbocycles. The number of hydrogen-bond donors (Lipinski definition) is 0. The van der Waals surface area contributed by atoms with Crippen molar-refractivity contribution in [3.63, 3.8) is 0 Å². The molecule has 70 valence electrons. The lowest BCUT2D eigenvalue weighted by Crippen LogP contribution is -1.63. The van der Waals surface area contributed by atoms with Crippen LogP contribution in [0.5, 0.6) is 0 Å². The molecule has 0 amide bonds. The van der Waals surface area contributed by atoms with Crippen LogP contribution in [-0.4, -0.2) is 17.1 Å². The zero-order valence-electron chi connectivity index (χ0n) is 5.60. The van der Waals surface area contributed by atoms with Gasteiger partial charge >= 0.3 is 0 Å². The Hall–Kier alpha value is 1.48. The lowest BCUT2D eigenvalue weighted by molar-refractivity contribution is 1.52. The van der Waals surface area contributed by atoms with Gasteiger partial charge in [-0.1, -0.05) is 29.8 Å². The van der Waals surface area contributed by atoms with Gasteiger partial charge in [0.2, 0.25) is 0 Å². The number of rotatable bonds is 1. The standard InChI is InChI=1S/C2H2Cl2.C2H4Cl2.CH2Cl2/c1-2(3)4;3-1-2-4;2-1-3/h1H2;1-2H2;1H2. The van der Waals surface area contributed by atoms with Crippen LogP contribution < -0.4 is 0 Å². The third kappa shape index (κ3) is 168. The van der Waals surface area contributed by atoms with Gasteiger partial charge in [-0.25, -0.2) is 0 Å². The molecule has 0 atom stereocenters. The van der Waals surface area contributed by atoms with Crippen LogP contribution in [0.4, 0.5) is 0 Å². The van der Waals surface area contributed by atoms with Crippen LogP contribution >= 0.6 is 69.6 Å². The van der Waals surface area contributed by atoms with E-state index in [4.69, 9.17) is 69.6 Å². The molecule has 0 aliphatic carbocycles. The molecule has 0 saturated heterocycles. The molecule has 6 heteroatoms. The largest absolute Gasteiger partial charge is 0.125 e. The molecule has 0 aliphatic rings. The summed E-state index contributed by atoms with van der Waals surface area (Å²) in [5, 5.41) is 0.194. The van der Waals surface area contributed by atoms with Crippen molar-refractivity contribution >= 4 is 69.6 Å². The third-order valence-electron chi connectivity index (χ3n) is 0.0714. The van der Waals surface area contributed by atoms with E-state index in [1.807, 2.05) is 0 Å². The molecule has 0 heterocycles. The first kappa shape index (κ1) is 18.3. The van der Waals surface area contributed by atoms with Gasteiger partial charge in [-0.2, -0.15) is 0 Å². The molecule has 0 unspecified atom stereocenters. The van der Waals surface area contributed by atoms with Gasteiger partial charge in [-0.15, -0.1) is 46.4 Å². The molecule has 0 nitrogen and oxygen atoms in total. The second-order valence-electron chi connectivity index (χ2n) is 0.818. The Morgan fingerprint density at radius 2 is 1.00 bits per heavy atom. The van der Waals surface area contributed by atoms with Crippen LogP contribution in [0.3, 0.4) is 0 Å². The maximum Gasteiger partial charge on any atom is 0.0992 e. The molecule has 0 rings (SSSR count). The molecule has 11 heavy (non-hydrogen) atoms. The number of halogens is 6. The highest BCUT2D eigenvalue weighted by Crippen LogP contribution is 1.98. The van der Waals surface area contributed by atoms with Crippen molar-refractivity contribution in [3.8, 4) is 0 Å². The van der Waals surface area contributed by atoms with Crippen molar-refractivity contribution in [3.05, 3.63) is 11.1 Å². The maximum atomic E-state index is 5.05. The monoisotopic (exact) mass is 278 g/mol. The van der Waals surface area contributed by atoms with E-state index < -0.39 is 0 Å². The first-order valence-electron chi connectivity index (χ1n) is 2.30. The molecule has 0 spiro atoms. The molecule has 0 N–H and O–H groups in total. The normalized spacial score (nSPS) is 6.73. The summed E-state index contributed by atoms with van der Waals surface area (Å²) in [5.41, 5.74) is 0. The average Bonchev–Trinajstić information content (AvgIpc) is 1.88. The van der Waals surface area contributed by atoms with Gasteiger partial charge in [0.25, 0.3) is 0 Å². The molecule has 0 aromatic carbocycles. The highest BCUT2D eigenvalue weighted by molar-refractivity contribution is 6.55. The van der Waals surface area contributed by atoms with Gasteiger partial charge in [0.05, 0.1) is 9.83 Å². The fraction of sp³-hybridized carbons (Fsp3) is 0.600. The van der Waals surface area contributed by atoms with Crippen LogP contribution in [0.25, 0.3) is 0 Å². The average molecular weight is 281 g/mol. The summed E-state index contributed by atoms with van der Waals surface area (Å²) < 4.78 is 0.111. The highest BCUT2D eigenvalue weighted by Gasteiger charge is 1.61. The zero-order chi connectivity index (χ0) is 9.70. The lowest BCUT2D eigenvalue weighted by Gasteiger charge is -1.63. The predicted octanol–water partition coefficient (Wildman–Crippen LogP) is 4.82. The molecular formula is C5H8Cl6. The summed E-state index contributed by atoms with van der Waals surface area (Å²) in [7, 11) is 0. The van der Waals surface area contributed by atoms with Crippen molar-refractivity contribution in [2.24, 2.45) is 0 Å². The van der Waals surface area contributed by atoms with Crippen LogP contribution in [0.2, 0.25) is 0 Å². The van der Waals surface area contributed by atoms with Crippen LogP contribution in [0.1, 0.15) is 0 Å². The minimum absolute atomic E-state index is 0.111. The molecule has 0 aromatic heterocycles. The quantitative estimate of drug-likeness (QED) is 0.604. The van der Waals surface area contributed by atoms with Crippen LogP contribution in [0.15, 0.2) is 11.1 Å². The van der Waals surface area contributed by atoms with Gasteiger partial charge in [0, 0.05) is 11.8 Å². The van der Waals surface area contributed by atoms with E-state index in [1.54, 1.807) is 0 Å². The summed E-state index contributed by atoms with van der Waals surface area (Å²) >= 11 is 29.3. The third-order valence-corrected chi connectivity index (χ3v) is 0.643. The lowest BCUT2D eigenvalue weighted by atomic mass is 11.0. The van der Waals surface area contributed by atoms with Gasteiger partial charge in [-0.05, 0) is 0 Å². The van der Waals surface area contributed by atoms with E-state index in [0.717, 1.165) is 0 Å². The number of alkyl halides is 4. The molecule has 0 fully saturated rings. The Bertz CT molecular complexity index is 58.0. The molecule has 0 radical (unpaired) electrons. The molecule has 0 aliphatic heterocycles. The van der Waals surface area contributed by atoms with Gasteiger partial charge < -0.3 is 0 Å². The van der Waals surface area contributed by atoms with Crippen molar-refractivity contribution in [2.75, 3.05) is 17.1 Å². The summed E-state index contributed by atoms with van der Waals surface area (Å²) in [5.74, 6) is 1.11. The fourth-order valence-electron chi connectivity index (χ4n) is 0. The van der Waals surface area contributed by atoms with Gasteiger partial charge in [-0.3, -0.25) is 0 Å². The number of hydrogen-bond acceptors (Lipinski definition) is 0. The Morgan fingerprint density at radius 3 is 1.00 bits per heavy atom. The van der Waals surface area contributed by atoms with E-state index in [9.17, 15) is 0 Å². The second-order valence-corrected chi connectivity index (χ2v) is 3.49. The Morgan fingerprint density at radius 1 is 0.909 bits per heavy atom. The zero-order valence-corrected chi connectivity index (χ0v) is 10.1. The Balaban J connectivity index is -0.0000000886. The first-order valence-corrected chi connectivity index (χ1v) is 5.19. The van der Waals surface area contributed by atoms with Crippen molar-refractivity contribution in [1.29, 1.82) is 0 Å². The first-order chi connectivity index (χ1) is 5.06. The van der Waals surface area contributed by atoms with Gasteiger partial charge in [0.1, 0.15) is 0 Å². The smallest absolute Gasteiger partial charge is 0.0992 e. The van der Waals surface area contributed by atoms with E-state index in [-0.39, 0.29) is 9.83 Å². The van der Waals surface area contributed by atoms with Crippen LogP contribution in [-0.2, 0) is 0 Å². The van der Waals surface area contributed by atoms with E-state index in [1.165, 1.54) is 0 Å². The predicted molar refractivity (Wildman–Crippen MR) is 58.9 cm³/mol. The van der Waals surface area contributed by atoms with E-state index in [0.29, 0.717) is 11.8 Å². The van der Waals surface area contributed by atoms with Crippen molar-refractivity contribution in [1.82, 2.24) is 0 Å². The van der Waals surface area contributed by atoms with Crippen molar-refractivity contribution in [2.45, 2.75) is 0 Å². The minimum atomic E-state index is 0.111.